The van der Waals surface area contributed by atoms with Crippen LogP contribution in [0.15, 0.2) is 12.3 Å². The number of aromatic nitrogens is 3. The summed E-state index contributed by atoms with van der Waals surface area (Å²) in [7, 11) is 0. The Balaban J connectivity index is 2.74. The fraction of sp³-hybridized carbons (Fsp3) is 0.400. The van der Waals surface area contributed by atoms with Crippen LogP contribution in [0.2, 0.25) is 5.15 Å². The molecule has 0 bridgehead atoms. The van der Waals surface area contributed by atoms with E-state index in [2.05, 4.69) is 10.1 Å². The van der Waals surface area contributed by atoms with Gasteiger partial charge in [-0.05, 0) is 5.92 Å². The largest absolute Gasteiger partial charge is 0.433 e. The molecule has 0 aliphatic rings. The van der Waals surface area contributed by atoms with E-state index in [-0.39, 0.29) is 16.7 Å². The molecule has 2 rings (SSSR count). The minimum absolute atomic E-state index is 0.0274. The molecular weight excluding hydrogens is 255 g/mol. The van der Waals surface area contributed by atoms with Crippen LogP contribution >= 0.6 is 11.6 Å². The van der Waals surface area contributed by atoms with E-state index in [1.54, 1.807) is 0 Å². The second-order valence-electron chi connectivity index (χ2n) is 3.95. The first-order valence-corrected chi connectivity index (χ1v) is 5.30. The number of rotatable bonds is 1. The molecule has 0 aliphatic carbocycles. The van der Waals surface area contributed by atoms with E-state index < -0.39 is 11.9 Å². The zero-order valence-corrected chi connectivity index (χ0v) is 9.84. The van der Waals surface area contributed by atoms with Crippen LogP contribution in [0, 0.1) is 0 Å². The molecule has 17 heavy (non-hydrogen) atoms. The highest BCUT2D eigenvalue weighted by molar-refractivity contribution is 6.29. The van der Waals surface area contributed by atoms with Gasteiger partial charge in [0.05, 0.1) is 6.20 Å². The molecular formula is C10H9ClF3N3. The van der Waals surface area contributed by atoms with E-state index in [1.807, 2.05) is 13.8 Å². The van der Waals surface area contributed by atoms with E-state index >= 15 is 0 Å². The lowest BCUT2D eigenvalue weighted by Crippen LogP contribution is -2.10. The number of halogens is 4. The molecule has 2 aromatic rings. The Labute approximate surface area is 100 Å². The molecule has 0 spiro atoms. The molecule has 0 aliphatic heterocycles. The predicted octanol–water partition coefficient (Wildman–Crippen LogP) is 3.52. The zero-order chi connectivity index (χ0) is 12.8. The SMILES string of the molecule is CC(C)c1cnn2c(Cl)cc(C(F)(F)F)nc12. The Morgan fingerprint density at radius 2 is 2.00 bits per heavy atom. The second kappa shape index (κ2) is 3.87. The van der Waals surface area contributed by atoms with Crippen molar-refractivity contribution in [3.8, 4) is 0 Å². The van der Waals surface area contributed by atoms with Crippen molar-refractivity contribution in [2.45, 2.75) is 25.9 Å². The maximum absolute atomic E-state index is 12.6. The van der Waals surface area contributed by atoms with Gasteiger partial charge >= 0.3 is 6.18 Å². The summed E-state index contributed by atoms with van der Waals surface area (Å²) < 4.78 is 39.0. The van der Waals surface area contributed by atoms with E-state index in [9.17, 15) is 13.2 Å². The van der Waals surface area contributed by atoms with Crippen molar-refractivity contribution < 1.29 is 13.2 Å². The van der Waals surface area contributed by atoms with Crippen molar-refractivity contribution >= 4 is 17.2 Å². The Hall–Kier alpha value is -1.30. The van der Waals surface area contributed by atoms with E-state index in [4.69, 9.17) is 11.6 Å². The van der Waals surface area contributed by atoms with Gasteiger partial charge in [0.2, 0.25) is 0 Å². The number of fused-ring (bicyclic) bond motifs is 1. The lowest BCUT2D eigenvalue weighted by molar-refractivity contribution is -0.141. The highest BCUT2D eigenvalue weighted by Gasteiger charge is 2.34. The molecule has 0 amide bonds. The van der Waals surface area contributed by atoms with Crippen molar-refractivity contribution in [3.63, 3.8) is 0 Å². The van der Waals surface area contributed by atoms with Crippen molar-refractivity contribution in [3.05, 3.63) is 28.7 Å². The summed E-state index contributed by atoms with van der Waals surface area (Å²) in [6.07, 6.45) is -3.02. The summed E-state index contributed by atoms with van der Waals surface area (Å²) in [5, 5.41) is 3.81. The molecule has 2 aromatic heterocycles. The molecule has 0 radical (unpaired) electrons. The van der Waals surface area contributed by atoms with Gasteiger partial charge in [0.1, 0.15) is 10.8 Å². The van der Waals surface area contributed by atoms with Gasteiger partial charge < -0.3 is 0 Å². The third kappa shape index (κ3) is 2.09. The first-order chi connectivity index (χ1) is 7.80. The van der Waals surface area contributed by atoms with Crippen molar-refractivity contribution in [2.75, 3.05) is 0 Å². The fourth-order valence-corrected chi connectivity index (χ4v) is 1.72. The molecule has 0 aromatic carbocycles. The summed E-state index contributed by atoms with van der Waals surface area (Å²) in [6.45, 7) is 3.71. The van der Waals surface area contributed by atoms with E-state index in [1.165, 1.54) is 10.7 Å². The maximum atomic E-state index is 12.6. The number of hydrogen-bond acceptors (Lipinski definition) is 2. The molecule has 0 saturated carbocycles. The van der Waals surface area contributed by atoms with Gasteiger partial charge in [-0.2, -0.15) is 18.3 Å². The third-order valence-electron chi connectivity index (χ3n) is 2.37. The second-order valence-corrected chi connectivity index (χ2v) is 4.34. The number of alkyl halides is 3. The van der Waals surface area contributed by atoms with Gasteiger partial charge in [-0.1, -0.05) is 25.4 Å². The van der Waals surface area contributed by atoms with E-state index in [0.29, 0.717) is 5.56 Å². The average molecular weight is 264 g/mol. The smallest absolute Gasteiger partial charge is 0.224 e. The summed E-state index contributed by atoms with van der Waals surface area (Å²) in [4.78, 5) is 3.58. The zero-order valence-electron chi connectivity index (χ0n) is 9.09. The van der Waals surface area contributed by atoms with Crippen LogP contribution in [0.1, 0.15) is 31.0 Å². The number of nitrogens with zero attached hydrogens (tertiary/aromatic N) is 3. The lowest BCUT2D eigenvalue weighted by Gasteiger charge is -2.08. The van der Waals surface area contributed by atoms with Crippen LogP contribution < -0.4 is 0 Å². The first kappa shape index (κ1) is 12.2. The minimum atomic E-state index is -4.51. The topological polar surface area (TPSA) is 30.2 Å². The first-order valence-electron chi connectivity index (χ1n) is 4.92. The maximum Gasteiger partial charge on any atom is 0.433 e. The highest BCUT2D eigenvalue weighted by Crippen LogP contribution is 2.31. The van der Waals surface area contributed by atoms with Gasteiger partial charge in [-0.15, -0.1) is 0 Å². The van der Waals surface area contributed by atoms with Crippen LogP contribution in [0.3, 0.4) is 0 Å². The lowest BCUT2D eigenvalue weighted by atomic mass is 10.1. The monoisotopic (exact) mass is 263 g/mol. The fourth-order valence-electron chi connectivity index (χ4n) is 1.50. The average Bonchev–Trinajstić information content (AvgIpc) is 2.60. The molecule has 0 saturated heterocycles. The van der Waals surface area contributed by atoms with Crippen LogP contribution in [0.5, 0.6) is 0 Å². The van der Waals surface area contributed by atoms with Crippen LogP contribution in [-0.4, -0.2) is 14.6 Å². The van der Waals surface area contributed by atoms with Crippen molar-refractivity contribution in [2.24, 2.45) is 0 Å². The van der Waals surface area contributed by atoms with Gasteiger partial charge in [0.15, 0.2) is 5.65 Å². The van der Waals surface area contributed by atoms with Gasteiger partial charge in [-0.3, -0.25) is 0 Å². The molecule has 2 heterocycles. The summed E-state index contributed by atoms with van der Waals surface area (Å²) in [6, 6.07) is 0.770. The van der Waals surface area contributed by atoms with Gasteiger partial charge in [0.25, 0.3) is 0 Å². The Morgan fingerprint density at radius 3 is 2.53 bits per heavy atom. The highest BCUT2D eigenvalue weighted by atomic mass is 35.5. The minimum Gasteiger partial charge on any atom is -0.224 e. The molecule has 0 N–H and O–H groups in total. The van der Waals surface area contributed by atoms with E-state index in [0.717, 1.165) is 6.07 Å². The van der Waals surface area contributed by atoms with Gasteiger partial charge in [-0.25, -0.2) is 9.50 Å². The van der Waals surface area contributed by atoms with Crippen LogP contribution in [-0.2, 0) is 6.18 Å². The summed E-state index contributed by atoms with van der Waals surface area (Å²) in [5.41, 5.74) is -0.213. The van der Waals surface area contributed by atoms with Gasteiger partial charge in [0, 0.05) is 11.6 Å². The Bertz CT molecular complexity index is 560. The van der Waals surface area contributed by atoms with Crippen molar-refractivity contribution in [1.29, 1.82) is 0 Å². The van der Waals surface area contributed by atoms with Crippen LogP contribution in [0.25, 0.3) is 5.65 Å². The van der Waals surface area contributed by atoms with Crippen molar-refractivity contribution in [1.82, 2.24) is 14.6 Å². The molecule has 3 nitrogen and oxygen atoms in total. The molecule has 0 unspecified atom stereocenters. The summed E-state index contributed by atoms with van der Waals surface area (Å²) in [5.74, 6) is 0.0274. The Kier molecular flexibility index (Phi) is 2.77. The third-order valence-corrected chi connectivity index (χ3v) is 2.64. The standard InChI is InChI=1S/C10H9ClF3N3/c1-5(2)6-4-15-17-8(11)3-7(10(12,13)14)16-9(6)17/h3-5H,1-2H3. The molecule has 92 valence electrons. The quantitative estimate of drug-likeness (QED) is 0.737. The molecule has 7 heteroatoms. The Morgan fingerprint density at radius 1 is 1.35 bits per heavy atom. The molecule has 0 fully saturated rings. The molecule has 0 atom stereocenters. The predicted molar refractivity (Wildman–Crippen MR) is 57.1 cm³/mol. The normalized spacial score (nSPS) is 12.6. The van der Waals surface area contributed by atoms with Crippen LogP contribution in [0.4, 0.5) is 13.2 Å². The number of hydrogen-bond donors (Lipinski definition) is 0. The summed E-state index contributed by atoms with van der Waals surface area (Å²) >= 11 is 5.75.